The molecule has 0 spiro atoms. The lowest BCUT2D eigenvalue weighted by atomic mass is 10.00. The van der Waals surface area contributed by atoms with Gasteiger partial charge in [0, 0.05) is 60.9 Å². The second-order valence-electron chi connectivity index (χ2n) is 14.3. The van der Waals surface area contributed by atoms with Crippen LogP contribution in [-0.2, 0) is 0 Å². The third kappa shape index (κ3) is 4.13. The second kappa shape index (κ2) is 11.2. The highest BCUT2D eigenvalue weighted by Gasteiger charge is 2.21. The SMILES string of the molecule is N#Cc1cccc(-n2c3ccc(-c4ccc5c(c4)c4cc6c(cc4n5-c4ccccc4)oc4ccccc46)cc3c3cc4c(cc32)oc2ccccc24)c1C#N. The van der Waals surface area contributed by atoms with Crippen molar-refractivity contribution < 1.29 is 8.83 Å². The molecule has 258 valence electrons. The molecule has 6 heteroatoms. The molecule has 12 rings (SSSR count). The molecule has 0 radical (unpaired) electrons. The predicted molar refractivity (Wildman–Crippen MR) is 225 cm³/mol. The van der Waals surface area contributed by atoms with Gasteiger partial charge in [0.2, 0.25) is 0 Å². The Morgan fingerprint density at radius 3 is 1.50 bits per heavy atom. The normalized spacial score (nSPS) is 11.9. The molecular weight excluding hydrogens is 689 g/mol. The minimum Gasteiger partial charge on any atom is -0.456 e. The number of aromatic nitrogens is 2. The first-order valence-electron chi connectivity index (χ1n) is 18.5. The summed E-state index contributed by atoms with van der Waals surface area (Å²) in [6, 6.07) is 58.7. The number of nitriles is 2. The minimum absolute atomic E-state index is 0.336. The van der Waals surface area contributed by atoms with Crippen LogP contribution in [0.3, 0.4) is 0 Å². The maximum absolute atomic E-state index is 10.3. The molecule has 0 aliphatic rings. The van der Waals surface area contributed by atoms with E-state index in [2.05, 4.69) is 124 Å². The fourth-order valence-corrected chi connectivity index (χ4v) is 8.89. The van der Waals surface area contributed by atoms with Gasteiger partial charge in [-0.25, -0.2) is 0 Å². The van der Waals surface area contributed by atoms with Crippen LogP contribution in [0.25, 0.3) is 110 Å². The molecule has 0 amide bonds. The summed E-state index contributed by atoms with van der Waals surface area (Å²) >= 11 is 0. The Morgan fingerprint density at radius 1 is 0.375 bits per heavy atom. The minimum atomic E-state index is 0.336. The quantitative estimate of drug-likeness (QED) is 0.182. The number of rotatable bonds is 3. The number of benzene rings is 8. The van der Waals surface area contributed by atoms with Gasteiger partial charge in [0.15, 0.2) is 0 Å². The Labute approximate surface area is 318 Å². The van der Waals surface area contributed by atoms with Crippen molar-refractivity contribution in [1.82, 2.24) is 9.13 Å². The highest BCUT2D eigenvalue weighted by molar-refractivity contribution is 6.20. The molecule has 0 saturated heterocycles. The van der Waals surface area contributed by atoms with Crippen LogP contribution >= 0.6 is 0 Å². The maximum atomic E-state index is 10.3. The smallest absolute Gasteiger partial charge is 0.137 e. The standard InChI is InChI=1S/C50H26N4O2/c51-27-31-9-8-14-42(41(31)28-52)54-44-20-18-30(22-36(44)38-24-40-34-13-5-7-16-48(34)56-50(40)26-46(38)54)29-17-19-43-35(21-29)37-23-39-33-12-4-6-15-47(33)55-49(39)25-45(37)53(43)32-10-2-1-3-11-32/h1-26H. The highest BCUT2D eigenvalue weighted by Crippen LogP contribution is 2.43. The third-order valence-electron chi connectivity index (χ3n) is 11.4. The van der Waals surface area contributed by atoms with Gasteiger partial charge in [-0.15, -0.1) is 0 Å². The molecule has 0 aliphatic carbocycles. The summed E-state index contributed by atoms with van der Waals surface area (Å²) in [5.41, 5.74) is 11.9. The number of hydrogen-bond acceptors (Lipinski definition) is 4. The van der Waals surface area contributed by atoms with Crippen molar-refractivity contribution in [3.05, 3.63) is 169 Å². The van der Waals surface area contributed by atoms with E-state index in [4.69, 9.17) is 8.83 Å². The van der Waals surface area contributed by atoms with Crippen molar-refractivity contribution in [3.63, 3.8) is 0 Å². The van der Waals surface area contributed by atoms with Crippen LogP contribution < -0.4 is 0 Å². The lowest BCUT2D eigenvalue weighted by Gasteiger charge is -2.11. The monoisotopic (exact) mass is 714 g/mol. The van der Waals surface area contributed by atoms with Crippen molar-refractivity contribution in [2.45, 2.75) is 0 Å². The Balaban J connectivity index is 1.14. The summed E-state index contributed by atoms with van der Waals surface area (Å²) < 4.78 is 17.1. The molecule has 4 heterocycles. The van der Waals surface area contributed by atoms with Crippen LogP contribution in [0.4, 0.5) is 0 Å². The van der Waals surface area contributed by atoms with Crippen LogP contribution in [0.15, 0.2) is 167 Å². The van der Waals surface area contributed by atoms with Gasteiger partial charge >= 0.3 is 0 Å². The molecule has 56 heavy (non-hydrogen) atoms. The van der Waals surface area contributed by atoms with E-state index in [-0.39, 0.29) is 0 Å². The summed E-state index contributed by atoms with van der Waals surface area (Å²) in [4.78, 5) is 0. The molecule has 0 unspecified atom stereocenters. The van der Waals surface area contributed by atoms with E-state index in [1.807, 2.05) is 48.5 Å². The largest absolute Gasteiger partial charge is 0.456 e. The number of fused-ring (bicyclic) bond motifs is 12. The van der Waals surface area contributed by atoms with Gasteiger partial charge in [0.1, 0.15) is 34.5 Å². The maximum Gasteiger partial charge on any atom is 0.137 e. The third-order valence-corrected chi connectivity index (χ3v) is 11.4. The zero-order chi connectivity index (χ0) is 37.1. The van der Waals surface area contributed by atoms with Gasteiger partial charge in [0.05, 0.1) is 38.9 Å². The fraction of sp³-hybridized carbons (Fsp3) is 0. The summed E-state index contributed by atoms with van der Waals surface area (Å²) in [6.07, 6.45) is 0. The van der Waals surface area contributed by atoms with E-state index in [0.29, 0.717) is 16.8 Å². The van der Waals surface area contributed by atoms with Crippen LogP contribution in [0.1, 0.15) is 11.1 Å². The van der Waals surface area contributed by atoms with E-state index in [0.717, 1.165) is 104 Å². The van der Waals surface area contributed by atoms with E-state index in [1.54, 1.807) is 6.07 Å². The molecule has 0 atom stereocenters. The van der Waals surface area contributed by atoms with E-state index in [9.17, 15) is 10.5 Å². The summed E-state index contributed by atoms with van der Waals surface area (Å²) in [5, 5.41) is 28.9. The van der Waals surface area contributed by atoms with Crippen LogP contribution in [0, 0.1) is 22.7 Å². The Morgan fingerprint density at radius 2 is 0.911 bits per heavy atom. The average Bonchev–Trinajstić information content (AvgIpc) is 3.98. The highest BCUT2D eigenvalue weighted by atomic mass is 16.3. The van der Waals surface area contributed by atoms with Crippen molar-refractivity contribution in [1.29, 1.82) is 10.5 Å². The van der Waals surface area contributed by atoms with Gasteiger partial charge in [-0.3, -0.25) is 0 Å². The van der Waals surface area contributed by atoms with Gasteiger partial charge in [-0.2, -0.15) is 10.5 Å². The van der Waals surface area contributed by atoms with Gasteiger partial charge < -0.3 is 18.0 Å². The zero-order valence-electron chi connectivity index (χ0n) is 29.6. The van der Waals surface area contributed by atoms with Crippen molar-refractivity contribution in [2.75, 3.05) is 0 Å². The predicted octanol–water partition coefficient (Wildman–Crippen LogP) is 13.1. The average molecular weight is 715 g/mol. The molecule has 0 bridgehead atoms. The lowest BCUT2D eigenvalue weighted by Crippen LogP contribution is -1.99. The van der Waals surface area contributed by atoms with Crippen molar-refractivity contribution >= 4 is 87.5 Å². The first kappa shape index (κ1) is 30.4. The first-order chi connectivity index (χ1) is 27.7. The topological polar surface area (TPSA) is 83.7 Å². The first-order valence-corrected chi connectivity index (χ1v) is 18.5. The van der Waals surface area contributed by atoms with Crippen LogP contribution in [0.5, 0.6) is 0 Å². The molecule has 0 saturated carbocycles. The van der Waals surface area contributed by atoms with Crippen LogP contribution in [-0.4, -0.2) is 9.13 Å². The summed E-state index contributed by atoms with van der Waals surface area (Å²) in [5.74, 6) is 0. The second-order valence-corrected chi connectivity index (χ2v) is 14.3. The number of hydrogen-bond donors (Lipinski definition) is 0. The Hall–Kier alpha value is -8.06. The zero-order valence-corrected chi connectivity index (χ0v) is 29.6. The number of furan rings is 2. The van der Waals surface area contributed by atoms with E-state index < -0.39 is 0 Å². The van der Waals surface area contributed by atoms with Gasteiger partial charge in [0.25, 0.3) is 0 Å². The molecule has 0 aliphatic heterocycles. The molecule has 8 aromatic carbocycles. The number of para-hydroxylation sites is 3. The van der Waals surface area contributed by atoms with E-state index >= 15 is 0 Å². The number of nitrogens with zero attached hydrogens (tertiary/aromatic N) is 4. The summed E-state index contributed by atoms with van der Waals surface area (Å²) in [7, 11) is 0. The summed E-state index contributed by atoms with van der Waals surface area (Å²) in [6.45, 7) is 0. The lowest BCUT2D eigenvalue weighted by molar-refractivity contribution is 0.669. The van der Waals surface area contributed by atoms with Gasteiger partial charge in [-0.05, 0) is 83.9 Å². The molecule has 12 aromatic rings. The van der Waals surface area contributed by atoms with E-state index in [1.165, 1.54) is 0 Å². The molecule has 6 nitrogen and oxygen atoms in total. The molecular formula is C50H26N4O2. The van der Waals surface area contributed by atoms with Crippen molar-refractivity contribution in [2.24, 2.45) is 0 Å². The molecule has 0 fully saturated rings. The fourth-order valence-electron chi connectivity index (χ4n) is 8.89. The van der Waals surface area contributed by atoms with Crippen LogP contribution in [0.2, 0.25) is 0 Å². The molecule has 0 N–H and O–H groups in total. The Kier molecular flexibility index (Phi) is 6.10. The molecule has 4 aromatic heterocycles. The van der Waals surface area contributed by atoms with Crippen molar-refractivity contribution in [3.8, 4) is 34.6 Å². The Bertz CT molecular complexity index is 3730. The van der Waals surface area contributed by atoms with Gasteiger partial charge in [-0.1, -0.05) is 72.8 Å².